The van der Waals surface area contributed by atoms with Gasteiger partial charge in [0.15, 0.2) is 0 Å². The van der Waals surface area contributed by atoms with E-state index in [2.05, 4.69) is 64.1 Å². The molecule has 20 heavy (non-hydrogen) atoms. The highest BCUT2D eigenvalue weighted by Gasteiger charge is 2.21. The van der Waals surface area contributed by atoms with E-state index in [-0.39, 0.29) is 0 Å². The Kier molecular flexibility index (Phi) is 3.41. The molecule has 0 atom stereocenters. The molecule has 3 rings (SSSR count). The van der Waals surface area contributed by atoms with Gasteiger partial charge in [0.1, 0.15) is 0 Å². The fourth-order valence-electron chi connectivity index (χ4n) is 3.54. The molecule has 0 aromatic heterocycles. The Morgan fingerprint density at radius 1 is 0.650 bits per heavy atom. The Bertz CT molecular complexity index is 577. The third-order valence-electron chi connectivity index (χ3n) is 4.60. The van der Waals surface area contributed by atoms with Crippen molar-refractivity contribution in [2.75, 3.05) is 0 Å². The minimum absolute atomic E-state index is 0.609. The van der Waals surface area contributed by atoms with Gasteiger partial charge < -0.3 is 0 Å². The summed E-state index contributed by atoms with van der Waals surface area (Å²) in [5, 5.41) is 0. The highest BCUT2D eigenvalue weighted by Crippen LogP contribution is 2.35. The standard InChI is InChI=1S/C20H24/c1-13(2)17-9-5-7-15-11-16-8-6-10-18(14(3)4)20(16)12-19(15)17/h5-10,13-14H,11-12H2,1-4H3. The highest BCUT2D eigenvalue weighted by molar-refractivity contribution is 5.52. The summed E-state index contributed by atoms with van der Waals surface area (Å²) in [5.74, 6) is 1.22. The third-order valence-corrected chi connectivity index (χ3v) is 4.60. The van der Waals surface area contributed by atoms with E-state index < -0.39 is 0 Å². The molecule has 2 aromatic rings. The number of fused-ring (bicyclic) bond motifs is 2. The molecule has 0 saturated carbocycles. The maximum atomic E-state index is 2.31. The molecule has 0 aliphatic heterocycles. The molecule has 0 amide bonds. The van der Waals surface area contributed by atoms with E-state index in [4.69, 9.17) is 0 Å². The molecule has 0 N–H and O–H groups in total. The van der Waals surface area contributed by atoms with Crippen LogP contribution in [0.3, 0.4) is 0 Å². The van der Waals surface area contributed by atoms with E-state index in [0.29, 0.717) is 11.8 Å². The molecule has 0 bridgehead atoms. The predicted molar refractivity (Wildman–Crippen MR) is 86.7 cm³/mol. The molecule has 1 aliphatic rings. The van der Waals surface area contributed by atoms with Gasteiger partial charge in [-0.15, -0.1) is 0 Å². The van der Waals surface area contributed by atoms with Gasteiger partial charge in [-0.2, -0.15) is 0 Å². The fraction of sp³-hybridized carbons (Fsp3) is 0.400. The van der Waals surface area contributed by atoms with Crippen molar-refractivity contribution < 1.29 is 0 Å². The van der Waals surface area contributed by atoms with Crippen molar-refractivity contribution in [2.45, 2.75) is 52.4 Å². The summed E-state index contributed by atoms with van der Waals surface area (Å²) in [6.45, 7) is 9.22. The lowest BCUT2D eigenvalue weighted by molar-refractivity contribution is 0.808. The Hall–Kier alpha value is -1.56. The third kappa shape index (κ3) is 2.18. The van der Waals surface area contributed by atoms with Crippen molar-refractivity contribution in [1.29, 1.82) is 0 Å². The topological polar surface area (TPSA) is 0 Å². The summed E-state index contributed by atoms with van der Waals surface area (Å²) < 4.78 is 0. The zero-order valence-corrected chi connectivity index (χ0v) is 13.0. The van der Waals surface area contributed by atoms with Gasteiger partial charge in [-0.3, -0.25) is 0 Å². The molecular formula is C20H24. The number of hydrogen-bond acceptors (Lipinski definition) is 0. The fourth-order valence-corrected chi connectivity index (χ4v) is 3.54. The summed E-state index contributed by atoms with van der Waals surface area (Å²) in [7, 11) is 0. The first-order valence-corrected chi connectivity index (χ1v) is 7.79. The lowest BCUT2D eigenvalue weighted by atomic mass is 9.78. The van der Waals surface area contributed by atoms with Crippen molar-refractivity contribution in [1.82, 2.24) is 0 Å². The van der Waals surface area contributed by atoms with Crippen molar-refractivity contribution >= 4 is 0 Å². The molecule has 104 valence electrons. The molecular weight excluding hydrogens is 240 g/mol. The Morgan fingerprint density at radius 3 is 1.50 bits per heavy atom. The number of rotatable bonds is 2. The van der Waals surface area contributed by atoms with E-state index in [0.717, 1.165) is 12.8 Å². The maximum absolute atomic E-state index is 2.31. The van der Waals surface area contributed by atoms with Gasteiger partial charge in [0.2, 0.25) is 0 Å². The Balaban J connectivity index is 2.13. The quantitative estimate of drug-likeness (QED) is 0.579. The van der Waals surface area contributed by atoms with Crippen LogP contribution in [0, 0.1) is 0 Å². The van der Waals surface area contributed by atoms with Crippen molar-refractivity contribution in [2.24, 2.45) is 0 Å². The van der Waals surface area contributed by atoms with Crippen molar-refractivity contribution in [3.63, 3.8) is 0 Å². The average molecular weight is 264 g/mol. The summed E-state index contributed by atoms with van der Waals surface area (Å²) in [6.07, 6.45) is 2.22. The van der Waals surface area contributed by atoms with Gasteiger partial charge in [0.25, 0.3) is 0 Å². The second-order valence-electron chi connectivity index (χ2n) is 6.63. The molecule has 0 nitrogen and oxygen atoms in total. The Morgan fingerprint density at radius 2 is 1.10 bits per heavy atom. The molecule has 0 spiro atoms. The summed E-state index contributed by atoms with van der Waals surface area (Å²) >= 11 is 0. The largest absolute Gasteiger partial charge is 0.0617 e. The minimum Gasteiger partial charge on any atom is -0.0617 e. The summed E-state index contributed by atoms with van der Waals surface area (Å²) in [4.78, 5) is 0. The van der Waals surface area contributed by atoms with Gasteiger partial charge in [0, 0.05) is 0 Å². The van der Waals surface area contributed by atoms with Crippen LogP contribution in [-0.4, -0.2) is 0 Å². The molecule has 1 aliphatic carbocycles. The molecule has 0 fully saturated rings. The van der Waals surface area contributed by atoms with Crippen LogP contribution < -0.4 is 0 Å². The van der Waals surface area contributed by atoms with Crippen molar-refractivity contribution in [3.05, 3.63) is 69.8 Å². The summed E-state index contributed by atoms with van der Waals surface area (Å²) in [5.41, 5.74) is 9.30. The van der Waals surface area contributed by atoms with Crippen molar-refractivity contribution in [3.8, 4) is 0 Å². The van der Waals surface area contributed by atoms with Crippen LogP contribution in [0.5, 0.6) is 0 Å². The maximum Gasteiger partial charge on any atom is -0.00144 e. The van der Waals surface area contributed by atoms with Crippen LogP contribution in [0.1, 0.15) is 72.9 Å². The number of hydrogen-bond donors (Lipinski definition) is 0. The van der Waals surface area contributed by atoms with E-state index in [9.17, 15) is 0 Å². The lowest BCUT2D eigenvalue weighted by Crippen LogP contribution is -2.13. The van der Waals surface area contributed by atoms with Crippen LogP contribution in [0.15, 0.2) is 36.4 Å². The average Bonchev–Trinajstić information content (AvgIpc) is 2.43. The van der Waals surface area contributed by atoms with Gasteiger partial charge in [-0.25, -0.2) is 0 Å². The highest BCUT2D eigenvalue weighted by atomic mass is 14.3. The second kappa shape index (κ2) is 5.09. The van der Waals surface area contributed by atoms with Crippen LogP contribution in [-0.2, 0) is 12.8 Å². The SMILES string of the molecule is CC(C)c1cccc2c1Cc1c(cccc1C(C)C)C2. The van der Waals surface area contributed by atoms with Crippen LogP contribution in [0.25, 0.3) is 0 Å². The molecule has 0 heteroatoms. The minimum atomic E-state index is 0.609. The summed E-state index contributed by atoms with van der Waals surface area (Å²) in [6, 6.07) is 13.7. The molecule has 0 heterocycles. The normalized spacial score (nSPS) is 13.5. The van der Waals surface area contributed by atoms with Gasteiger partial charge >= 0.3 is 0 Å². The van der Waals surface area contributed by atoms with E-state index in [1.807, 2.05) is 0 Å². The van der Waals surface area contributed by atoms with E-state index in [1.54, 1.807) is 11.1 Å². The first kappa shape index (κ1) is 13.4. The zero-order chi connectivity index (χ0) is 14.3. The number of benzene rings is 2. The molecule has 0 unspecified atom stereocenters. The van der Waals surface area contributed by atoms with Gasteiger partial charge in [0.05, 0.1) is 0 Å². The van der Waals surface area contributed by atoms with Gasteiger partial charge in [-0.05, 0) is 58.1 Å². The van der Waals surface area contributed by atoms with E-state index in [1.165, 1.54) is 22.3 Å². The zero-order valence-electron chi connectivity index (χ0n) is 13.0. The van der Waals surface area contributed by atoms with E-state index >= 15 is 0 Å². The monoisotopic (exact) mass is 264 g/mol. The molecule has 0 saturated heterocycles. The van der Waals surface area contributed by atoms with Gasteiger partial charge in [-0.1, -0.05) is 64.1 Å². The first-order chi connectivity index (χ1) is 9.58. The van der Waals surface area contributed by atoms with Crippen LogP contribution in [0.2, 0.25) is 0 Å². The van der Waals surface area contributed by atoms with Crippen LogP contribution in [0.4, 0.5) is 0 Å². The Labute approximate surface area is 122 Å². The molecule has 2 aromatic carbocycles. The predicted octanol–water partition coefficient (Wildman–Crippen LogP) is 5.43. The second-order valence-corrected chi connectivity index (χ2v) is 6.63. The first-order valence-electron chi connectivity index (χ1n) is 7.79. The smallest absolute Gasteiger partial charge is 0.00144 e. The van der Waals surface area contributed by atoms with Crippen LogP contribution >= 0.6 is 0 Å². The molecule has 0 radical (unpaired) electrons. The lowest BCUT2D eigenvalue weighted by Gasteiger charge is -2.26.